The van der Waals surface area contributed by atoms with E-state index in [0.29, 0.717) is 30.5 Å². The lowest BCUT2D eigenvalue weighted by Gasteiger charge is -2.07. The second-order valence-electron chi connectivity index (χ2n) is 4.71. The molecule has 22 heavy (non-hydrogen) atoms. The van der Waals surface area contributed by atoms with Crippen molar-refractivity contribution in [2.45, 2.75) is 19.8 Å². The van der Waals surface area contributed by atoms with Gasteiger partial charge < -0.3 is 14.6 Å². The minimum atomic E-state index is -0.326. The molecule has 0 fully saturated rings. The SMILES string of the molecule is Cc1cc(NC(=O)NCCCCOc2ccc(F)cc2)no1. The number of nitrogens with one attached hydrogen (secondary N) is 2. The van der Waals surface area contributed by atoms with Crippen molar-refractivity contribution < 1.29 is 18.4 Å². The van der Waals surface area contributed by atoms with Crippen molar-refractivity contribution in [3.8, 4) is 5.75 Å². The molecule has 118 valence electrons. The smallest absolute Gasteiger partial charge is 0.320 e. The van der Waals surface area contributed by atoms with E-state index in [0.717, 1.165) is 12.8 Å². The Balaban J connectivity index is 1.53. The fourth-order valence-electron chi connectivity index (χ4n) is 1.74. The standard InChI is InChI=1S/C15H18FN3O3/c1-11-10-14(19-22-11)18-15(20)17-8-2-3-9-21-13-6-4-12(16)5-7-13/h4-7,10H,2-3,8-9H2,1H3,(H2,17,18,19,20). The van der Waals surface area contributed by atoms with E-state index in [2.05, 4.69) is 15.8 Å². The molecule has 1 aromatic carbocycles. The molecule has 0 unspecified atom stereocenters. The zero-order chi connectivity index (χ0) is 15.8. The van der Waals surface area contributed by atoms with Crippen LogP contribution in [0.2, 0.25) is 0 Å². The quantitative estimate of drug-likeness (QED) is 0.771. The summed E-state index contributed by atoms with van der Waals surface area (Å²) in [5.41, 5.74) is 0. The molecule has 0 saturated heterocycles. The number of ether oxygens (including phenoxy) is 1. The monoisotopic (exact) mass is 307 g/mol. The van der Waals surface area contributed by atoms with E-state index in [-0.39, 0.29) is 11.8 Å². The summed E-state index contributed by atoms with van der Waals surface area (Å²) in [6, 6.07) is 7.19. The van der Waals surface area contributed by atoms with Crippen molar-refractivity contribution in [3.63, 3.8) is 0 Å². The van der Waals surface area contributed by atoms with Gasteiger partial charge in [0.1, 0.15) is 17.3 Å². The maximum atomic E-state index is 12.7. The normalized spacial score (nSPS) is 10.3. The van der Waals surface area contributed by atoms with Gasteiger partial charge in [0.25, 0.3) is 0 Å². The molecule has 2 aromatic rings. The van der Waals surface area contributed by atoms with Crippen molar-refractivity contribution in [3.05, 3.63) is 41.9 Å². The zero-order valence-electron chi connectivity index (χ0n) is 12.3. The van der Waals surface area contributed by atoms with E-state index in [9.17, 15) is 9.18 Å². The van der Waals surface area contributed by atoms with Gasteiger partial charge in [-0.05, 0) is 44.0 Å². The number of carbonyl (C=O) groups excluding carboxylic acids is 1. The fourth-order valence-corrected chi connectivity index (χ4v) is 1.74. The second kappa shape index (κ2) is 8.02. The second-order valence-corrected chi connectivity index (χ2v) is 4.71. The topological polar surface area (TPSA) is 76.4 Å². The number of carbonyl (C=O) groups is 1. The lowest BCUT2D eigenvalue weighted by atomic mass is 10.3. The number of nitrogens with zero attached hydrogens (tertiary/aromatic N) is 1. The van der Waals surface area contributed by atoms with Gasteiger partial charge >= 0.3 is 6.03 Å². The molecule has 2 rings (SSSR count). The molecule has 0 spiro atoms. The first-order valence-corrected chi connectivity index (χ1v) is 7.00. The van der Waals surface area contributed by atoms with Crippen molar-refractivity contribution in [1.29, 1.82) is 0 Å². The van der Waals surface area contributed by atoms with Gasteiger partial charge in [-0.25, -0.2) is 9.18 Å². The minimum absolute atomic E-state index is 0.287. The number of benzene rings is 1. The highest BCUT2D eigenvalue weighted by molar-refractivity contribution is 5.88. The third kappa shape index (κ3) is 5.43. The number of unbranched alkanes of at least 4 members (excludes halogenated alkanes) is 1. The average molecular weight is 307 g/mol. The summed E-state index contributed by atoms with van der Waals surface area (Å²) in [6.45, 7) is 2.78. The Labute approximate surface area is 127 Å². The van der Waals surface area contributed by atoms with Crippen LogP contribution in [0.5, 0.6) is 5.75 Å². The molecule has 0 bridgehead atoms. The van der Waals surface area contributed by atoms with Crippen molar-refractivity contribution >= 4 is 11.8 Å². The third-order valence-electron chi connectivity index (χ3n) is 2.81. The maximum absolute atomic E-state index is 12.7. The Bertz CT molecular complexity index is 598. The van der Waals surface area contributed by atoms with Gasteiger partial charge in [-0.1, -0.05) is 5.16 Å². The molecular formula is C15H18FN3O3. The number of aryl methyl sites for hydroxylation is 1. The van der Waals surface area contributed by atoms with Crippen LogP contribution in [0, 0.1) is 12.7 Å². The van der Waals surface area contributed by atoms with Crippen LogP contribution < -0.4 is 15.4 Å². The summed E-state index contributed by atoms with van der Waals surface area (Å²) in [5.74, 6) is 1.36. The minimum Gasteiger partial charge on any atom is -0.494 e. The Morgan fingerprint density at radius 3 is 2.77 bits per heavy atom. The third-order valence-corrected chi connectivity index (χ3v) is 2.81. The molecule has 0 radical (unpaired) electrons. The van der Waals surface area contributed by atoms with Crippen molar-refractivity contribution in [2.75, 3.05) is 18.5 Å². The maximum Gasteiger partial charge on any atom is 0.320 e. The van der Waals surface area contributed by atoms with Crippen LogP contribution in [0.25, 0.3) is 0 Å². The number of hydrogen-bond donors (Lipinski definition) is 2. The largest absolute Gasteiger partial charge is 0.494 e. The highest BCUT2D eigenvalue weighted by Gasteiger charge is 2.04. The molecule has 0 aliphatic carbocycles. The van der Waals surface area contributed by atoms with Gasteiger partial charge in [-0.3, -0.25) is 5.32 Å². The molecule has 0 saturated carbocycles. The number of rotatable bonds is 7. The van der Waals surface area contributed by atoms with E-state index in [1.54, 1.807) is 25.1 Å². The first-order valence-electron chi connectivity index (χ1n) is 7.00. The summed E-state index contributed by atoms with van der Waals surface area (Å²) in [5, 5.41) is 8.93. The molecule has 0 aliphatic heterocycles. The van der Waals surface area contributed by atoms with Gasteiger partial charge in [0, 0.05) is 12.6 Å². The Morgan fingerprint density at radius 1 is 1.32 bits per heavy atom. The first-order chi connectivity index (χ1) is 10.6. The molecular weight excluding hydrogens is 289 g/mol. The summed E-state index contributed by atoms with van der Waals surface area (Å²) in [7, 11) is 0. The van der Waals surface area contributed by atoms with Gasteiger partial charge in [0.2, 0.25) is 0 Å². The van der Waals surface area contributed by atoms with Gasteiger partial charge in [-0.2, -0.15) is 0 Å². The molecule has 2 amide bonds. The Morgan fingerprint density at radius 2 is 2.09 bits per heavy atom. The molecule has 1 heterocycles. The summed E-state index contributed by atoms with van der Waals surface area (Å²) in [4.78, 5) is 11.5. The fraction of sp³-hybridized carbons (Fsp3) is 0.333. The van der Waals surface area contributed by atoms with Crippen molar-refractivity contribution in [1.82, 2.24) is 10.5 Å². The van der Waals surface area contributed by atoms with E-state index in [1.165, 1.54) is 12.1 Å². The van der Waals surface area contributed by atoms with Gasteiger partial charge in [-0.15, -0.1) is 0 Å². The van der Waals surface area contributed by atoms with E-state index >= 15 is 0 Å². The number of aromatic nitrogens is 1. The average Bonchev–Trinajstić information content (AvgIpc) is 2.89. The number of urea groups is 1. The molecule has 0 aliphatic rings. The van der Waals surface area contributed by atoms with Crippen LogP contribution >= 0.6 is 0 Å². The highest BCUT2D eigenvalue weighted by Crippen LogP contribution is 2.11. The highest BCUT2D eigenvalue weighted by atomic mass is 19.1. The molecule has 7 heteroatoms. The Kier molecular flexibility index (Phi) is 5.76. The number of halogens is 1. The molecule has 2 N–H and O–H groups in total. The van der Waals surface area contributed by atoms with Crippen LogP contribution in [0.4, 0.5) is 15.0 Å². The zero-order valence-corrected chi connectivity index (χ0v) is 12.3. The van der Waals surface area contributed by atoms with E-state index < -0.39 is 0 Å². The summed E-state index contributed by atoms with van der Waals surface area (Å²) >= 11 is 0. The summed E-state index contributed by atoms with van der Waals surface area (Å²) in [6.07, 6.45) is 1.55. The van der Waals surface area contributed by atoms with Crippen LogP contribution in [-0.2, 0) is 0 Å². The van der Waals surface area contributed by atoms with Crippen LogP contribution in [0.1, 0.15) is 18.6 Å². The van der Waals surface area contributed by atoms with Crippen LogP contribution in [0.3, 0.4) is 0 Å². The van der Waals surface area contributed by atoms with Gasteiger partial charge in [0.15, 0.2) is 5.82 Å². The van der Waals surface area contributed by atoms with Gasteiger partial charge in [0.05, 0.1) is 6.61 Å². The predicted molar refractivity (Wildman–Crippen MR) is 79.4 cm³/mol. The van der Waals surface area contributed by atoms with Crippen LogP contribution in [-0.4, -0.2) is 24.3 Å². The molecule has 6 nitrogen and oxygen atoms in total. The number of amides is 2. The van der Waals surface area contributed by atoms with Crippen LogP contribution in [0.15, 0.2) is 34.9 Å². The van der Waals surface area contributed by atoms with E-state index in [1.807, 2.05) is 0 Å². The Hall–Kier alpha value is -2.57. The van der Waals surface area contributed by atoms with E-state index in [4.69, 9.17) is 9.26 Å². The first kappa shape index (κ1) is 15.8. The summed E-state index contributed by atoms with van der Waals surface area (Å²) < 4.78 is 23.0. The molecule has 0 atom stereocenters. The lowest BCUT2D eigenvalue weighted by molar-refractivity contribution is 0.250. The number of anilines is 1. The number of hydrogen-bond acceptors (Lipinski definition) is 4. The predicted octanol–water partition coefficient (Wildman–Crippen LogP) is 3.10. The van der Waals surface area contributed by atoms with Crippen molar-refractivity contribution in [2.24, 2.45) is 0 Å². The molecule has 1 aromatic heterocycles. The lowest BCUT2D eigenvalue weighted by Crippen LogP contribution is -2.29.